The van der Waals surface area contributed by atoms with Crippen LogP contribution in [-0.4, -0.2) is 20.7 Å². The molecule has 0 unspecified atom stereocenters. The van der Waals surface area contributed by atoms with Crippen LogP contribution in [-0.2, 0) is 4.79 Å². The molecule has 1 N–H and O–H groups in total. The fourth-order valence-corrected chi connectivity index (χ4v) is 4.84. The molecule has 2 aromatic carbocycles. The summed E-state index contributed by atoms with van der Waals surface area (Å²) in [5, 5.41) is 3.51. The second kappa shape index (κ2) is 9.00. The van der Waals surface area contributed by atoms with Gasteiger partial charge < -0.3 is 5.32 Å². The first-order valence-corrected chi connectivity index (χ1v) is 11.2. The third kappa shape index (κ3) is 4.41. The number of amides is 1. The van der Waals surface area contributed by atoms with E-state index in [9.17, 15) is 14.0 Å². The van der Waals surface area contributed by atoms with Crippen LogP contribution in [0.3, 0.4) is 0 Å². The van der Waals surface area contributed by atoms with E-state index >= 15 is 0 Å². The highest BCUT2D eigenvalue weighted by Crippen LogP contribution is 2.32. The molecule has 30 heavy (non-hydrogen) atoms. The minimum Gasteiger partial charge on any atom is -0.325 e. The Labute approximate surface area is 178 Å². The van der Waals surface area contributed by atoms with Crippen LogP contribution in [0.5, 0.6) is 0 Å². The fraction of sp³-hybridized carbons (Fsp3) is 0.348. The predicted octanol–water partition coefficient (Wildman–Crippen LogP) is 5.16. The Bertz CT molecular complexity index is 1110. The van der Waals surface area contributed by atoms with Gasteiger partial charge in [-0.05, 0) is 56.2 Å². The molecule has 7 heteroatoms. The molecule has 1 aliphatic rings. The lowest BCUT2D eigenvalue weighted by Crippen LogP contribution is -2.30. The van der Waals surface area contributed by atoms with Crippen molar-refractivity contribution in [3.8, 4) is 0 Å². The summed E-state index contributed by atoms with van der Waals surface area (Å²) in [5.41, 5.74) is 1.13. The summed E-state index contributed by atoms with van der Waals surface area (Å²) < 4.78 is 14.9. The maximum absolute atomic E-state index is 13.3. The van der Waals surface area contributed by atoms with Crippen LogP contribution < -0.4 is 10.9 Å². The molecule has 1 amide bonds. The molecule has 3 aromatic rings. The van der Waals surface area contributed by atoms with E-state index in [1.54, 1.807) is 11.5 Å². The van der Waals surface area contributed by atoms with Gasteiger partial charge in [0.2, 0.25) is 5.91 Å². The van der Waals surface area contributed by atoms with Crippen molar-refractivity contribution in [3.63, 3.8) is 0 Å². The van der Waals surface area contributed by atoms with Crippen molar-refractivity contribution in [2.45, 2.75) is 55.5 Å². The van der Waals surface area contributed by atoms with Crippen LogP contribution in [0.2, 0.25) is 0 Å². The molecule has 1 heterocycles. The third-order valence-electron chi connectivity index (χ3n) is 5.48. The van der Waals surface area contributed by atoms with Crippen LogP contribution in [0.15, 0.2) is 58.5 Å². The summed E-state index contributed by atoms with van der Waals surface area (Å²) in [4.78, 5) is 30.7. The normalized spacial score (nSPS) is 15.8. The molecule has 1 aromatic heterocycles. The zero-order valence-electron chi connectivity index (χ0n) is 16.8. The van der Waals surface area contributed by atoms with Gasteiger partial charge in [-0.1, -0.05) is 43.2 Å². The van der Waals surface area contributed by atoms with E-state index in [1.165, 1.54) is 42.4 Å². The summed E-state index contributed by atoms with van der Waals surface area (Å²) in [6.07, 6.45) is 5.27. The average molecular weight is 426 g/mol. The predicted molar refractivity (Wildman–Crippen MR) is 118 cm³/mol. The molecule has 0 spiro atoms. The molecular weight excluding hydrogens is 401 g/mol. The van der Waals surface area contributed by atoms with Gasteiger partial charge in [-0.2, -0.15) is 0 Å². The zero-order chi connectivity index (χ0) is 21.1. The lowest BCUT2D eigenvalue weighted by Gasteiger charge is -2.26. The molecule has 1 aliphatic carbocycles. The molecule has 0 saturated heterocycles. The van der Waals surface area contributed by atoms with Crippen LogP contribution in [0.4, 0.5) is 10.1 Å². The Morgan fingerprint density at radius 3 is 2.57 bits per heavy atom. The van der Waals surface area contributed by atoms with Crippen LogP contribution >= 0.6 is 11.8 Å². The van der Waals surface area contributed by atoms with E-state index in [0.717, 1.165) is 25.7 Å². The van der Waals surface area contributed by atoms with Gasteiger partial charge in [0.05, 0.1) is 16.2 Å². The molecule has 0 aliphatic heterocycles. The first kappa shape index (κ1) is 20.6. The fourth-order valence-electron chi connectivity index (χ4n) is 3.86. The zero-order valence-corrected chi connectivity index (χ0v) is 17.6. The summed E-state index contributed by atoms with van der Waals surface area (Å²) in [5.74, 6) is -0.573. The SMILES string of the molecule is C[C@H](Sc1nc2ccccc2c(=O)n1C1CCCCC1)C(=O)Nc1ccc(F)cc1. The van der Waals surface area contributed by atoms with Crippen molar-refractivity contribution < 1.29 is 9.18 Å². The highest BCUT2D eigenvalue weighted by Gasteiger charge is 2.24. The Morgan fingerprint density at radius 2 is 1.83 bits per heavy atom. The first-order valence-electron chi connectivity index (χ1n) is 10.3. The quantitative estimate of drug-likeness (QED) is 0.453. The molecule has 0 radical (unpaired) electrons. The van der Waals surface area contributed by atoms with Crippen molar-refractivity contribution >= 4 is 34.3 Å². The summed E-state index contributed by atoms with van der Waals surface area (Å²) in [6.45, 7) is 1.79. The number of carbonyl (C=O) groups excluding carboxylic acids is 1. The van der Waals surface area contributed by atoms with Crippen LogP contribution in [0.1, 0.15) is 45.1 Å². The minimum atomic E-state index is -0.474. The van der Waals surface area contributed by atoms with Crippen molar-refractivity contribution in [2.24, 2.45) is 0 Å². The maximum atomic E-state index is 13.3. The van der Waals surface area contributed by atoms with Crippen LogP contribution in [0, 0.1) is 5.82 Å². The van der Waals surface area contributed by atoms with Gasteiger partial charge in [0.15, 0.2) is 5.16 Å². The van der Waals surface area contributed by atoms with Crippen molar-refractivity contribution in [2.75, 3.05) is 5.32 Å². The number of hydrogen-bond donors (Lipinski definition) is 1. The summed E-state index contributed by atoms with van der Waals surface area (Å²) in [6, 6.07) is 13.1. The number of nitrogens with zero attached hydrogens (tertiary/aromatic N) is 2. The second-order valence-electron chi connectivity index (χ2n) is 7.63. The Hall–Kier alpha value is -2.67. The molecular formula is C23H24FN3O2S. The number of aromatic nitrogens is 2. The largest absolute Gasteiger partial charge is 0.325 e. The van der Waals surface area contributed by atoms with Crippen molar-refractivity contribution in [1.82, 2.24) is 9.55 Å². The van der Waals surface area contributed by atoms with Crippen molar-refractivity contribution in [1.29, 1.82) is 0 Å². The van der Waals surface area contributed by atoms with Gasteiger partial charge >= 0.3 is 0 Å². The van der Waals surface area contributed by atoms with Crippen LogP contribution in [0.25, 0.3) is 10.9 Å². The van der Waals surface area contributed by atoms with E-state index < -0.39 is 5.25 Å². The van der Waals surface area contributed by atoms with Gasteiger partial charge in [-0.15, -0.1) is 0 Å². The Morgan fingerprint density at radius 1 is 1.13 bits per heavy atom. The van der Waals surface area contributed by atoms with Gasteiger partial charge in [0.1, 0.15) is 5.82 Å². The van der Waals surface area contributed by atoms with E-state index in [1.807, 2.05) is 24.3 Å². The van der Waals surface area contributed by atoms with Gasteiger partial charge in [0.25, 0.3) is 5.56 Å². The lowest BCUT2D eigenvalue weighted by atomic mass is 9.95. The molecule has 156 valence electrons. The van der Waals surface area contributed by atoms with Gasteiger partial charge in [-0.3, -0.25) is 14.2 Å². The lowest BCUT2D eigenvalue weighted by molar-refractivity contribution is -0.115. The Balaban J connectivity index is 1.64. The molecule has 5 nitrogen and oxygen atoms in total. The standard InChI is InChI=1S/C23H24FN3O2S/c1-15(21(28)25-17-13-11-16(24)12-14-17)30-23-26-20-10-6-5-9-19(20)22(29)27(23)18-7-3-2-4-8-18/h5-6,9-15,18H,2-4,7-8H2,1H3,(H,25,28)/t15-/m0/s1. The topological polar surface area (TPSA) is 64.0 Å². The molecule has 1 atom stereocenters. The number of nitrogens with one attached hydrogen (secondary N) is 1. The highest BCUT2D eigenvalue weighted by atomic mass is 32.2. The highest BCUT2D eigenvalue weighted by molar-refractivity contribution is 8.00. The molecule has 1 fully saturated rings. The molecule has 4 rings (SSSR count). The summed E-state index contributed by atoms with van der Waals surface area (Å²) in [7, 11) is 0. The number of hydrogen-bond acceptors (Lipinski definition) is 4. The number of fused-ring (bicyclic) bond motifs is 1. The van der Waals surface area contributed by atoms with E-state index in [4.69, 9.17) is 4.98 Å². The number of anilines is 1. The monoisotopic (exact) mass is 425 g/mol. The average Bonchev–Trinajstić information content (AvgIpc) is 2.76. The number of thioether (sulfide) groups is 1. The number of para-hydroxylation sites is 1. The second-order valence-corrected chi connectivity index (χ2v) is 8.94. The van der Waals surface area contributed by atoms with Gasteiger partial charge in [-0.25, -0.2) is 9.37 Å². The first-order chi connectivity index (χ1) is 14.5. The number of rotatable bonds is 5. The van der Waals surface area contributed by atoms with E-state index in [-0.39, 0.29) is 23.3 Å². The van der Waals surface area contributed by atoms with E-state index in [0.29, 0.717) is 21.7 Å². The van der Waals surface area contributed by atoms with E-state index in [2.05, 4.69) is 5.32 Å². The number of halogens is 1. The van der Waals surface area contributed by atoms with Crippen molar-refractivity contribution in [3.05, 3.63) is 64.7 Å². The maximum Gasteiger partial charge on any atom is 0.262 e. The minimum absolute atomic E-state index is 0.0406. The molecule has 1 saturated carbocycles. The van der Waals surface area contributed by atoms with Gasteiger partial charge in [0, 0.05) is 11.7 Å². The molecule has 0 bridgehead atoms. The number of benzene rings is 2. The number of carbonyl (C=O) groups is 1. The Kier molecular flexibility index (Phi) is 6.18. The smallest absolute Gasteiger partial charge is 0.262 e. The third-order valence-corrected chi connectivity index (χ3v) is 6.54. The summed E-state index contributed by atoms with van der Waals surface area (Å²) >= 11 is 1.29.